The zero-order valence-corrected chi connectivity index (χ0v) is 6.99. The third-order valence-corrected chi connectivity index (χ3v) is 1.79. The van der Waals surface area contributed by atoms with Crippen molar-refractivity contribution >= 4 is 0 Å². The Labute approximate surface area is 66.7 Å². The Balaban J connectivity index is 2.56. The van der Waals surface area contributed by atoms with E-state index in [-0.39, 0.29) is 6.61 Å². The molecule has 1 unspecified atom stereocenters. The van der Waals surface area contributed by atoms with Crippen LogP contribution in [-0.2, 0) is 13.5 Å². The molecule has 11 heavy (non-hydrogen) atoms. The lowest BCUT2D eigenvalue weighted by Gasteiger charge is -2.06. The molecule has 3 heteroatoms. The Morgan fingerprint density at radius 2 is 2.45 bits per heavy atom. The van der Waals surface area contributed by atoms with Gasteiger partial charge < -0.3 is 5.11 Å². The molecular weight excluding hydrogens is 140 g/mol. The highest BCUT2D eigenvalue weighted by molar-refractivity contribution is 5.00. The van der Waals surface area contributed by atoms with Crippen LogP contribution in [0.15, 0.2) is 12.3 Å². The number of aryl methyl sites for hydroxylation is 1. The van der Waals surface area contributed by atoms with Crippen LogP contribution >= 0.6 is 0 Å². The zero-order valence-electron chi connectivity index (χ0n) is 6.99. The van der Waals surface area contributed by atoms with Crippen LogP contribution in [0.2, 0.25) is 0 Å². The van der Waals surface area contributed by atoms with Gasteiger partial charge in [-0.2, -0.15) is 5.10 Å². The van der Waals surface area contributed by atoms with E-state index >= 15 is 0 Å². The van der Waals surface area contributed by atoms with E-state index in [1.807, 2.05) is 24.7 Å². The van der Waals surface area contributed by atoms with E-state index in [0.717, 1.165) is 6.42 Å². The van der Waals surface area contributed by atoms with Gasteiger partial charge in [0.2, 0.25) is 0 Å². The van der Waals surface area contributed by atoms with Gasteiger partial charge >= 0.3 is 0 Å². The molecule has 1 aromatic rings. The number of nitrogens with zero attached hydrogens (tertiary/aromatic N) is 2. The van der Waals surface area contributed by atoms with Crippen molar-refractivity contribution in [3.8, 4) is 0 Å². The van der Waals surface area contributed by atoms with Crippen LogP contribution in [0.25, 0.3) is 0 Å². The van der Waals surface area contributed by atoms with Gasteiger partial charge in [-0.25, -0.2) is 0 Å². The Bertz CT molecular complexity index is 220. The molecule has 3 nitrogen and oxygen atoms in total. The number of aliphatic hydroxyl groups is 1. The standard InChI is InChI=1S/C8H14N2O/c1-7(6-11)5-8-3-4-9-10(8)2/h3-4,7,11H,5-6H2,1-2H3. The molecule has 1 rings (SSSR count). The summed E-state index contributed by atoms with van der Waals surface area (Å²) in [5.41, 5.74) is 1.17. The molecule has 0 saturated heterocycles. The topological polar surface area (TPSA) is 38.1 Å². The second-order valence-corrected chi connectivity index (χ2v) is 2.94. The maximum atomic E-state index is 8.79. The number of hydrogen-bond acceptors (Lipinski definition) is 2. The summed E-state index contributed by atoms with van der Waals surface area (Å²) in [5.74, 6) is 0.324. The quantitative estimate of drug-likeness (QED) is 0.692. The molecule has 1 N–H and O–H groups in total. The van der Waals surface area contributed by atoms with Crippen LogP contribution in [0.3, 0.4) is 0 Å². The van der Waals surface area contributed by atoms with Gasteiger partial charge in [0.15, 0.2) is 0 Å². The van der Waals surface area contributed by atoms with Gasteiger partial charge in [0.05, 0.1) is 0 Å². The van der Waals surface area contributed by atoms with Crippen molar-refractivity contribution in [3.63, 3.8) is 0 Å². The monoisotopic (exact) mass is 154 g/mol. The summed E-state index contributed by atoms with van der Waals surface area (Å²) in [6.07, 6.45) is 2.67. The lowest BCUT2D eigenvalue weighted by Crippen LogP contribution is -2.08. The average molecular weight is 154 g/mol. The van der Waals surface area contributed by atoms with Gasteiger partial charge in [-0.1, -0.05) is 6.92 Å². The molecule has 0 amide bonds. The number of rotatable bonds is 3. The van der Waals surface area contributed by atoms with Crippen molar-refractivity contribution < 1.29 is 5.11 Å². The van der Waals surface area contributed by atoms with E-state index in [9.17, 15) is 0 Å². The Morgan fingerprint density at radius 1 is 1.73 bits per heavy atom. The predicted octanol–water partition coefficient (Wildman–Crippen LogP) is 0.591. The summed E-state index contributed by atoms with van der Waals surface area (Å²) in [6.45, 7) is 2.26. The average Bonchev–Trinajstić information content (AvgIpc) is 2.37. The number of aliphatic hydroxyl groups excluding tert-OH is 1. The molecule has 0 fully saturated rings. The van der Waals surface area contributed by atoms with Crippen LogP contribution in [0.5, 0.6) is 0 Å². The van der Waals surface area contributed by atoms with Crippen LogP contribution in [-0.4, -0.2) is 21.5 Å². The summed E-state index contributed by atoms with van der Waals surface area (Å²) in [4.78, 5) is 0. The highest BCUT2D eigenvalue weighted by Crippen LogP contribution is 2.05. The minimum absolute atomic E-state index is 0.241. The van der Waals surface area contributed by atoms with E-state index in [4.69, 9.17) is 5.11 Å². The Hall–Kier alpha value is -0.830. The van der Waals surface area contributed by atoms with Gasteiger partial charge in [-0.15, -0.1) is 0 Å². The Morgan fingerprint density at radius 3 is 2.91 bits per heavy atom. The first-order valence-electron chi connectivity index (χ1n) is 3.81. The molecule has 0 saturated carbocycles. The van der Waals surface area contributed by atoms with Crippen molar-refractivity contribution in [2.45, 2.75) is 13.3 Å². The molecule has 1 heterocycles. The van der Waals surface area contributed by atoms with Crippen LogP contribution in [0.1, 0.15) is 12.6 Å². The first-order chi connectivity index (χ1) is 5.24. The summed E-state index contributed by atoms with van der Waals surface area (Å²) in [6, 6.07) is 1.98. The highest BCUT2D eigenvalue weighted by Gasteiger charge is 2.04. The van der Waals surface area contributed by atoms with Crippen molar-refractivity contribution in [3.05, 3.63) is 18.0 Å². The minimum atomic E-state index is 0.241. The van der Waals surface area contributed by atoms with Crippen molar-refractivity contribution in [2.24, 2.45) is 13.0 Å². The molecule has 0 aliphatic heterocycles. The lowest BCUT2D eigenvalue weighted by molar-refractivity contribution is 0.235. The summed E-state index contributed by atoms with van der Waals surface area (Å²) >= 11 is 0. The van der Waals surface area contributed by atoms with Gasteiger partial charge in [-0.3, -0.25) is 4.68 Å². The molecule has 1 atom stereocenters. The van der Waals surface area contributed by atoms with Gasteiger partial charge in [0.25, 0.3) is 0 Å². The van der Waals surface area contributed by atoms with E-state index in [2.05, 4.69) is 5.10 Å². The normalized spacial score (nSPS) is 13.4. The third-order valence-electron chi connectivity index (χ3n) is 1.79. The van der Waals surface area contributed by atoms with E-state index < -0.39 is 0 Å². The fourth-order valence-corrected chi connectivity index (χ4v) is 1.02. The summed E-state index contributed by atoms with van der Waals surface area (Å²) in [7, 11) is 1.92. The second kappa shape index (κ2) is 3.53. The maximum Gasteiger partial charge on any atom is 0.0492 e. The number of hydrogen-bond donors (Lipinski definition) is 1. The van der Waals surface area contributed by atoms with Crippen LogP contribution in [0.4, 0.5) is 0 Å². The van der Waals surface area contributed by atoms with Crippen LogP contribution in [0, 0.1) is 5.92 Å². The predicted molar refractivity (Wildman–Crippen MR) is 43.2 cm³/mol. The van der Waals surface area contributed by atoms with Crippen molar-refractivity contribution in [1.29, 1.82) is 0 Å². The first kappa shape index (κ1) is 8.27. The van der Waals surface area contributed by atoms with Crippen LogP contribution < -0.4 is 0 Å². The molecule has 0 aliphatic carbocycles. The molecular formula is C8H14N2O. The fraction of sp³-hybridized carbons (Fsp3) is 0.625. The molecule has 0 aromatic carbocycles. The van der Waals surface area contributed by atoms with E-state index in [0.29, 0.717) is 5.92 Å². The second-order valence-electron chi connectivity index (χ2n) is 2.94. The van der Waals surface area contributed by atoms with Crippen molar-refractivity contribution in [2.75, 3.05) is 6.61 Å². The SMILES string of the molecule is CC(CO)Cc1ccnn1C. The van der Waals surface area contributed by atoms with Gasteiger partial charge in [-0.05, 0) is 18.4 Å². The van der Waals surface area contributed by atoms with Gasteiger partial charge in [0.1, 0.15) is 0 Å². The van der Waals surface area contributed by atoms with E-state index in [1.165, 1.54) is 5.69 Å². The molecule has 0 radical (unpaired) electrons. The molecule has 0 aliphatic rings. The molecule has 62 valence electrons. The zero-order chi connectivity index (χ0) is 8.27. The van der Waals surface area contributed by atoms with Gasteiger partial charge in [0, 0.05) is 25.5 Å². The summed E-state index contributed by atoms with van der Waals surface area (Å²) in [5, 5.41) is 12.8. The minimum Gasteiger partial charge on any atom is -0.396 e. The summed E-state index contributed by atoms with van der Waals surface area (Å²) < 4.78 is 1.84. The Kier molecular flexibility index (Phi) is 2.65. The maximum absolute atomic E-state index is 8.79. The lowest BCUT2D eigenvalue weighted by atomic mass is 10.1. The number of aromatic nitrogens is 2. The highest BCUT2D eigenvalue weighted by atomic mass is 16.3. The molecule has 0 spiro atoms. The smallest absolute Gasteiger partial charge is 0.0492 e. The first-order valence-corrected chi connectivity index (χ1v) is 3.81. The largest absolute Gasteiger partial charge is 0.396 e. The molecule has 1 aromatic heterocycles. The van der Waals surface area contributed by atoms with E-state index in [1.54, 1.807) is 6.20 Å². The third kappa shape index (κ3) is 2.05. The fourth-order valence-electron chi connectivity index (χ4n) is 1.02. The van der Waals surface area contributed by atoms with Crippen molar-refractivity contribution in [1.82, 2.24) is 9.78 Å². The molecule has 0 bridgehead atoms.